The first-order chi connectivity index (χ1) is 5.37. The third-order valence-corrected chi connectivity index (χ3v) is 3.00. The highest BCUT2D eigenvalue weighted by Gasteiger charge is 2.36. The molecule has 0 aliphatic rings. The van der Waals surface area contributed by atoms with Crippen LogP contribution in [0, 0.1) is 16.7 Å². The summed E-state index contributed by atoms with van der Waals surface area (Å²) in [6.07, 6.45) is 1.48. The molecule has 0 aromatic rings. The lowest BCUT2D eigenvalue weighted by Crippen LogP contribution is -2.40. The summed E-state index contributed by atoms with van der Waals surface area (Å²) in [6.45, 7) is 8.39. The number of nitrogens with zero attached hydrogens (tertiary/aromatic N) is 1. The zero-order valence-corrected chi connectivity index (χ0v) is 8.77. The lowest BCUT2D eigenvalue weighted by atomic mass is 9.74. The first kappa shape index (κ1) is 11.4. The van der Waals surface area contributed by atoms with Crippen molar-refractivity contribution in [2.45, 2.75) is 46.1 Å². The molecule has 0 heterocycles. The van der Waals surface area contributed by atoms with Gasteiger partial charge in [-0.1, -0.05) is 13.8 Å². The van der Waals surface area contributed by atoms with Gasteiger partial charge in [0.15, 0.2) is 0 Å². The lowest BCUT2D eigenvalue weighted by molar-refractivity contribution is -0.0738. The fourth-order valence-corrected chi connectivity index (χ4v) is 0.946. The van der Waals surface area contributed by atoms with Crippen molar-refractivity contribution in [3.05, 3.63) is 0 Å². The third kappa shape index (κ3) is 2.49. The summed E-state index contributed by atoms with van der Waals surface area (Å²) in [4.78, 5) is 0. The summed E-state index contributed by atoms with van der Waals surface area (Å²) in [5, 5.41) is 8.48. The number of hydrogen-bond donors (Lipinski definition) is 0. The van der Waals surface area contributed by atoms with Crippen LogP contribution in [0.2, 0.25) is 0 Å². The van der Waals surface area contributed by atoms with Crippen LogP contribution < -0.4 is 0 Å². The van der Waals surface area contributed by atoms with Crippen molar-refractivity contribution in [1.82, 2.24) is 0 Å². The summed E-state index contributed by atoms with van der Waals surface area (Å²) in [6, 6.07) is 2.16. The van der Waals surface area contributed by atoms with Gasteiger partial charge in [0.2, 0.25) is 0 Å². The first-order valence-electron chi connectivity index (χ1n) is 4.29. The molecule has 12 heavy (non-hydrogen) atoms. The van der Waals surface area contributed by atoms with Gasteiger partial charge in [0.1, 0.15) is 0 Å². The molecular formula is C10H19NO. The van der Waals surface area contributed by atoms with E-state index in [9.17, 15) is 0 Å². The largest absolute Gasteiger partial charge is 0.378 e. The van der Waals surface area contributed by atoms with Gasteiger partial charge in [-0.05, 0) is 25.7 Å². The summed E-state index contributed by atoms with van der Waals surface area (Å²) < 4.78 is 5.39. The fraction of sp³-hybridized carbons (Fsp3) is 0.900. The van der Waals surface area contributed by atoms with Crippen molar-refractivity contribution in [3.63, 3.8) is 0 Å². The molecule has 0 rings (SSSR count). The van der Waals surface area contributed by atoms with Gasteiger partial charge in [-0.2, -0.15) is 5.26 Å². The molecule has 0 bridgehead atoms. The predicted molar refractivity (Wildman–Crippen MR) is 49.7 cm³/mol. The number of methoxy groups -OCH3 is 1. The van der Waals surface area contributed by atoms with E-state index in [4.69, 9.17) is 10.00 Å². The van der Waals surface area contributed by atoms with E-state index in [1.54, 1.807) is 7.11 Å². The summed E-state index contributed by atoms with van der Waals surface area (Å²) in [5.74, 6) is 0. The Kier molecular flexibility index (Phi) is 3.73. The smallest absolute Gasteiger partial charge is 0.0673 e. The Balaban J connectivity index is 4.29. The molecule has 0 atom stereocenters. The maximum Gasteiger partial charge on any atom is 0.0673 e. The number of hydrogen-bond acceptors (Lipinski definition) is 2. The topological polar surface area (TPSA) is 33.0 Å². The Labute approximate surface area is 75.5 Å². The number of nitriles is 1. The van der Waals surface area contributed by atoms with Gasteiger partial charge < -0.3 is 4.74 Å². The van der Waals surface area contributed by atoms with Crippen LogP contribution in [0.15, 0.2) is 0 Å². The quantitative estimate of drug-likeness (QED) is 0.648. The molecule has 0 saturated carbocycles. The molecule has 0 aliphatic carbocycles. The molecule has 0 aromatic carbocycles. The molecule has 0 aromatic heterocycles. The minimum Gasteiger partial charge on any atom is -0.378 e. The van der Waals surface area contributed by atoms with Gasteiger partial charge >= 0.3 is 0 Å². The van der Waals surface area contributed by atoms with E-state index in [-0.39, 0.29) is 11.0 Å². The second-order valence-electron chi connectivity index (χ2n) is 4.26. The molecule has 0 fully saturated rings. The van der Waals surface area contributed by atoms with Gasteiger partial charge in [-0.25, -0.2) is 0 Å². The molecule has 0 radical (unpaired) electrons. The van der Waals surface area contributed by atoms with Gasteiger partial charge in [0, 0.05) is 13.5 Å². The van der Waals surface area contributed by atoms with Crippen molar-refractivity contribution < 1.29 is 4.74 Å². The summed E-state index contributed by atoms with van der Waals surface area (Å²) >= 11 is 0. The first-order valence-corrected chi connectivity index (χ1v) is 4.29. The highest BCUT2D eigenvalue weighted by Crippen LogP contribution is 2.37. The van der Waals surface area contributed by atoms with Crippen LogP contribution in [0.5, 0.6) is 0 Å². The minimum absolute atomic E-state index is 0.0531. The third-order valence-electron chi connectivity index (χ3n) is 3.00. The fourth-order valence-electron chi connectivity index (χ4n) is 0.946. The Bertz CT molecular complexity index is 177. The standard InChI is InChI=1S/C10H19NO/c1-9(2,7-6-8-11)10(3,4)12-5/h6-7H2,1-5H3. The lowest BCUT2D eigenvalue weighted by Gasteiger charge is -2.40. The van der Waals surface area contributed by atoms with E-state index in [1.807, 2.05) is 0 Å². The highest BCUT2D eigenvalue weighted by atomic mass is 16.5. The Hall–Kier alpha value is -0.550. The predicted octanol–water partition coefficient (Wildman–Crippen LogP) is 2.74. The Morgan fingerprint density at radius 3 is 2.08 bits per heavy atom. The molecule has 0 aliphatic heterocycles. The van der Waals surface area contributed by atoms with Crippen LogP contribution in [0.25, 0.3) is 0 Å². The van der Waals surface area contributed by atoms with Crippen LogP contribution in [-0.2, 0) is 4.74 Å². The highest BCUT2D eigenvalue weighted by molar-refractivity contribution is 4.89. The van der Waals surface area contributed by atoms with Crippen molar-refractivity contribution in [1.29, 1.82) is 5.26 Å². The second-order valence-corrected chi connectivity index (χ2v) is 4.26. The van der Waals surface area contributed by atoms with Crippen molar-refractivity contribution in [2.75, 3.05) is 7.11 Å². The van der Waals surface area contributed by atoms with Crippen molar-refractivity contribution >= 4 is 0 Å². The Morgan fingerprint density at radius 1 is 1.25 bits per heavy atom. The maximum atomic E-state index is 8.48. The van der Waals surface area contributed by atoms with Crippen molar-refractivity contribution in [2.24, 2.45) is 5.41 Å². The van der Waals surface area contributed by atoms with E-state index in [0.717, 1.165) is 6.42 Å². The average molecular weight is 169 g/mol. The molecule has 70 valence electrons. The zero-order chi connectivity index (χ0) is 9.83. The molecular weight excluding hydrogens is 150 g/mol. The molecule has 0 unspecified atom stereocenters. The molecule has 0 spiro atoms. The van der Waals surface area contributed by atoms with Crippen molar-refractivity contribution in [3.8, 4) is 6.07 Å². The SMILES string of the molecule is COC(C)(C)C(C)(C)CCC#N. The molecule has 2 nitrogen and oxygen atoms in total. The Morgan fingerprint density at radius 2 is 1.75 bits per heavy atom. The van der Waals surface area contributed by atoms with Crippen LogP contribution in [0.3, 0.4) is 0 Å². The van der Waals surface area contributed by atoms with E-state index >= 15 is 0 Å². The van der Waals surface area contributed by atoms with Gasteiger partial charge in [-0.3, -0.25) is 0 Å². The van der Waals surface area contributed by atoms with E-state index in [0.29, 0.717) is 6.42 Å². The van der Waals surface area contributed by atoms with Gasteiger partial charge in [0.25, 0.3) is 0 Å². The van der Waals surface area contributed by atoms with Crippen LogP contribution >= 0.6 is 0 Å². The summed E-state index contributed by atoms with van der Waals surface area (Å²) in [5.41, 5.74) is -0.110. The van der Waals surface area contributed by atoms with Gasteiger partial charge in [-0.15, -0.1) is 0 Å². The number of ether oxygens (including phenoxy) is 1. The minimum atomic E-state index is -0.163. The van der Waals surface area contributed by atoms with Crippen LogP contribution in [-0.4, -0.2) is 12.7 Å². The zero-order valence-electron chi connectivity index (χ0n) is 8.77. The van der Waals surface area contributed by atoms with Gasteiger partial charge in [0.05, 0.1) is 11.7 Å². The summed E-state index contributed by atoms with van der Waals surface area (Å²) in [7, 11) is 1.72. The molecule has 2 heteroatoms. The monoisotopic (exact) mass is 169 g/mol. The second kappa shape index (κ2) is 3.91. The maximum absolute atomic E-state index is 8.48. The van der Waals surface area contributed by atoms with E-state index < -0.39 is 0 Å². The van der Waals surface area contributed by atoms with E-state index in [1.165, 1.54) is 0 Å². The average Bonchev–Trinajstić information content (AvgIpc) is 2.00. The molecule has 0 amide bonds. The normalized spacial score (nSPS) is 12.7. The van der Waals surface area contributed by atoms with Crippen LogP contribution in [0.1, 0.15) is 40.5 Å². The number of rotatable bonds is 4. The van der Waals surface area contributed by atoms with Crippen LogP contribution in [0.4, 0.5) is 0 Å². The molecule has 0 saturated heterocycles. The molecule has 0 N–H and O–H groups in total. The van der Waals surface area contributed by atoms with E-state index in [2.05, 4.69) is 33.8 Å².